The second-order valence-corrected chi connectivity index (χ2v) is 6.96. The van der Waals surface area contributed by atoms with Crippen LogP contribution in [0.3, 0.4) is 0 Å². The molecular weight excluding hydrogens is 296 g/mol. The van der Waals surface area contributed by atoms with Gasteiger partial charge < -0.3 is 19.1 Å². The van der Waals surface area contributed by atoms with Crippen molar-refractivity contribution in [3.05, 3.63) is 11.6 Å². The summed E-state index contributed by atoms with van der Waals surface area (Å²) in [5.41, 5.74) is 0. The minimum atomic E-state index is -0.464. The molecule has 2 aliphatic heterocycles. The van der Waals surface area contributed by atoms with Gasteiger partial charge in [-0.1, -0.05) is 0 Å². The fourth-order valence-electron chi connectivity index (χ4n) is 3.49. The summed E-state index contributed by atoms with van der Waals surface area (Å²) < 4.78 is 13.4. The number of aliphatic hydroxyl groups excluding tert-OH is 1. The van der Waals surface area contributed by atoms with E-state index in [2.05, 4.69) is 19.7 Å². The summed E-state index contributed by atoms with van der Waals surface area (Å²) in [6, 6.07) is 0. The van der Waals surface area contributed by atoms with Crippen LogP contribution < -0.4 is 0 Å². The Bertz CT molecular complexity index is 525. The standard InChI is InChI=1S/C16H26N4O3/c21-13(10-22-11-14-2-1-7-23-14)8-19-5-6-20-15(9-19)17-18-16(20)12-3-4-12/h12-14,21H,1-11H2/t13-,14+/m0/s1. The normalized spacial score (nSPS) is 26.4. The SMILES string of the molecule is O[C@H](COC[C@H]1CCCO1)CN1CCn2c(nnc2C2CC2)C1. The van der Waals surface area contributed by atoms with Crippen molar-refractivity contribution in [1.29, 1.82) is 0 Å². The number of aliphatic hydroxyl groups is 1. The number of rotatable bonds is 7. The molecule has 128 valence electrons. The van der Waals surface area contributed by atoms with Crippen molar-refractivity contribution in [3.63, 3.8) is 0 Å². The Morgan fingerprint density at radius 3 is 2.96 bits per heavy atom. The third-order valence-electron chi connectivity index (χ3n) is 4.91. The van der Waals surface area contributed by atoms with Gasteiger partial charge in [0.05, 0.1) is 32.0 Å². The third-order valence-corrected chi connectivity index (χ3v) is 4.91. The molecule has 0 amide bonds. The topological polar surface area (TPSA) is 72.6 Å². The van der Waals surface area contributed by atoms with E-state index in [-0.39, 0.29) is 6.10 Å². The average molecular weight is 322 g/mol. The number of ether oxygens (including phenoxy) is 2. The summed E-state index contributed by atoms with van der Waals surface area (Å²) in [6.45, 7) is 5.06. The van der Waals surface area contributed by atoms with Crippen LogP contribution in [0.2, 0.25) is 0 Å². The molecule has 23 heavy (non-hydrogen) atoms. The fraction of sp³-hybridized carbons (Fsp3) is 0.875. The number of hydrogen-bond donors (Lipinski definition) is 1. The molecule has 1 saturated carbocycles. The Hall–Kier alpha value is -1.02. The van der Waals surface area contributed by atoms with Crippen LogP contribution in [0.25, 0.3) is 0 Å². The highest BCUT2D eigenvalue weighted by molar-refractivity contribution is 5.09. The lowest BCUT2D eigenvalue weighted by atomic mass is 10.2. The van der Waals surface area contributed by atoms with Crippen LogP contribution >= 0.6 is 0 Å². The molecule has 3 heterocycles. The van der Waals surface area contributed by atoms with Gasteiger partial charge in [-0.05, 0) is 25.7 Å². The summed E-state index contributed by atoms with van der Waals surface area (Å²) >= 11 is 0. The highest BCUT2D eigenvalue weighted by Crippen LogP contribution is 2.39. The second-order valence-electron chi connectivity index (χ2n) is 6.96. The maximum Gasteiger partial charge on any atom is 0.147 e. The van der Waals surface area contributed by atoms with Crippen molar-refractivity contribution in [2.24, 2.45) is 0 Å². The van der Waals surface area contributed by atoms with Gasteiger partial charge >= 0.3 is 0 Å². The molecule has 7 nitrogen and oxygen atoms in total. The summed E-state index contributed by atoms with van der Waals surface area (Å²) in [5, 5.41) is 18.9. The van der Waals surface area contributed by atoms with E-state index in [1.807, 2.05) is 0 Å². The Morgan fingerprint density at radius 1 is 1.26 bits per heavy atom. The summed E-state index contributed by atoms with van der Waals surface area (Å²) in [6.07, 6.45) is 4.45. The van der Waals surface area contributed by atoms with Crippen LogP contribution in [-0.2, 0) is 22.6 Å². The van der Waals surface area contributed by atoms with E-state index in [9.17, 15) is 5.11 Å². The number of aromatic nitrogens is 3. The number of β-amino-alcohol motifs (C(OH)–C–C–N with tert-alkyl or cyclic N) is 1. The van der Waals surface area contributed by atoms with E-state index >= 15 is 0 Å². The van der Waals surface area contributed by atoms with Crippen LogP contribution in [-0.4, -0.2) is 69.9 Å². The Labute approximate surface area is 136 Å². The van der Waals surface area contributed by atoms with Crippen molar-refractivity contribution in [3.8, 4) is 0 Å². The van der Waals surface area contributed by atoms with Gasteiger partial charge in [-0.2, -0.15) is 0 Å². The first-order valence-corrected chi connectivity index (χ1v) is 8.81. The Kier molecular flexibility index (Phi) is 4.61. The molecule has 1 aliphatic carbocycles. The molecule has 0 spiro atoms. The Balaban J connectivity index is 1.21. The first-order chi connectivity index (χ1) is 11.3. The lowest BCUT2D eigenvalue weighted by molar-refractivity contribution is -0.0271. The van der Waals surface area contributed by atoms with Gasteiger partial charge in [0, 0.05) is 32.2 Å². The highest BCUT2D eigenvalue weighted by Gasteiger charge is 2.32. The molecule has 1 aromatic heterocycles. The maximum atomic E-state index is 10.2. The smallest absolute Gasteiger partial charge is 0.147 e. The van der Waals surface area contributed by atoms with Crippen molar-refractivity contribution in [2.75, 3.05) is 32.9 Å². The lowest BCUT2D eigenvalue weighted by Gasteiger charge is -2.29. The molecular formula is C16H26N4O3. The van der Waals surface area contributed by atoms with Gasteiger partial charge in [-0.3, -0.25) is 4.90 Å². The molecule has 7 heteroatoms. The van der Waals surface area contributed by atoms with Crippen LogP contribution in [0, 0.1) is 0 Å². The molecule has 0 unspecified atom stereocenters. The van der Waals surface area contributed by atoms with Crippen molar-refractivity contribution in [2.45, 2.75) is 56.9 Å². The van der Waals surface area contributed by atoms with Gasteiger partial charge in [0.25, 0.3) is 0 Å². The first-order valence-electron chi connectivity index (χ1n) is 8.81. The molecule has 2 atom stereocenters. The first kappa shape index (κ1) is 15.5. The monoisotopic (exact) mass is 322 g/mol. The van der Waals surface area contributed by atoms with E-state index in [0.29, 0.717) is 25.7 Å². The van der Waals surface area contributed by atoms with Crippen molar-refractivity contribution in [1.82, 2.24) is 19.7 Å². The molecule has 1 aromatic rings. The number of hydrogen-bond acceptors (Lipinski definition) is 6. The van der Waals surface area contributed by atoms with Crippen molar-refractivity contribution < 1.29 is 14.6 Å². The molecule has 0 radical (unpaired) electrons. The highest BCUT2D eigenvalue weighted by atomic mass is 16.5. The molecule has 0 aromatic carbocycles. The minimum Gasteiger partial charge on any atom is -0.389 e. The van der Waals surface area contributed by atoms with Crippen LogP contribution in [0.4, 0.5) is 0 Å². The maximum absolute atomic E-state index is 10.2. The third kappa shape index (κ3) is 3.74. The lowest BCUT2D eigenvalue weighted by Crippen LogP contribution is -2.40. The van der Waals surface area contributed by atoms with Crippen LogP contribution in [0.5, 0.6) is 0 Å². The molecule has 4 rings (SSSR count). The second kappa shape index (κ2) is 6.84. The largest absolute Gasteiger partial charge is 0.389 e. The molecule has 1 N–H and O–H groups in total. The van der Waals surface area contributed by atoms with Gasteiger partial charge in [-0.25, -0.2) is 0 Å². The zero-order chi connectivity index (χ0) is 15.6. The van der Waals surface area contributed by atoms with Crippen molar-refractivity contribution >= 4 is 0 Å². The zero-order valence-electron chi connectivity index (χ0n) is 13.6. The Morgan fingerprint density at radius 2 is 2.17 bits per heavy atom. The number of fused-ring (bicyclic) bond motifs is 1. The van der Waals surface area contributed by atoms with Gasteiger partial charge in [0.15, 0.2) is 0 Å². The van der Waals surface area contributed by atoms with Crippen LogP contribution in [0.15, 0.2) is 0 Å². The fourth-order valence-corrected chi connectivity index (χ4v) is 3.49. The number of nitrogens with zero attached hydrogens (tertiary/aromatic N) is 4. The predicted molar refractivity (Wildman–Crippen MR) is 83.1 cm³/mol. The van der Waals surface area contributed by atoms with Gasteiger partial charge in [-0.15, -0.1) is 10.2 Å². The quantitative estimate of drug-likeness (QED) is 0.789. The summed E-state index contributed by atoms with van der Waals surface area (Å²) in [7, 11) is 0. The predicted octanol–water partition coefficient (Wildman–Crippen LogP) is 0.528. The minimum absolute atomic E-state index is 0.219. The van der Waals surface area contributed by atoms with E-state index in [4.69, 9.17) is 9.47 Å². The van der Waals surface area contributed by atoms with Crippen LogP contribution in [0.1, 0.15) is 43.3 Å². The van der Waals surface area contributed by atoms with Gasteiger partial charge in [0.2, 0.25) is 0 Å². The van der Waals surface area contributed by atoms with Gasteiger partial charge in [0.1, 0.15) is 11.6 Å². The molecule has 2 fully saturated rings. The van der Waals surface area contributed by atoms with E-state index in [1.165, 1.54) is 18.7 Å². The average Bonchev–Trinajstić information content (AvgIpc) is 3.09. The van der Waals surface area contributed by atoms with E-state index in [0.717, 1.165) is 44.9 Å². The van der Waals surface area contributed by atoms with E-state index in [1.54, 1.807) is 0 Å². The zero-order valence-corrected chi connectivity index (χ0v) is 13.6. The molecule has 3 aliphatic rings. The summed E-state index contributed by atoms with van der Waals surface area (Å²) in [5.74, 6) is 2.84. The summed E-state index contributed by atoms with van der Waals surface area (Å²) in [4.78, 5) is 2.24. The van der Waals surface area contributed by atoms with E-state index < -0.39 is 6.10 Å². The molecule has 0 bridgehead atoms. The molecule has 1 saturated heterocycles.